The second-order valence-electron chi connectivity index (χ2n) is 6.65. The van der Waals surface area contributed by atoms with E-state index in [0.717, 1.165) is 25.7 Å². The first-order valence-corrected chi connectivity index (χ1v) is 7.65. The highest BCUT2D eigenvalue weighted by Crippen LogP contribution is 2.24. The summed E-state index contributed by atoms with van der Waals surface area (Å²) in [5, 5.41) is 0. The first-order valence-electron chi connectivity index (χ1n) is 7.65. The van der Waals surface area contributed by atoms with Crippen LogP contribution in [-0.4, -0.2) is 12.1 Å². The zero-order chi connectivity index (χ0) is 15.2. The fourth-order valence-corrected chi connectivity index (χ4v) is 2.27. The molecule has 1 aromatic carbocycles. The number of carbonyl (C=O) groups is 1. The lowest BCUT2D eigenvalue weighted by molar-refractivity contribution is 0.0192. The van der Waals surface area contributed by atoms with Crippen LogP contribution in [0.25, 0.3) is 0 Å². The van der Waals surface area contributed by atoms with Gasteiger partial charge in [-0.05, 0) is 42.4 Å². The maximum Gasteiger partial charge on any atom is 0.338 e. The van der Waals surface area contributed by atoms with E-state index in [-0.39, 0.29) is 17.5 Å². The number of esters is 1. The molecule has 0 fully saturated rings. The molecule has 0 aliphatic rings. The lowest BCUT2D eigenvalue weighted by Crippen LogP contribution is -2.23. The second-order valence-corrected chi connectivity index (χ2v) is 6.65. The van der Waals surface area contributed by atoms with Crippen LogP contribution in [0.4, 0.5) is 0 Å². The summed E-state index contributed by atoms with van der Waals surface area (Å²) in [7, 11) is 0. The Morgan fingerprint density at radius 3 is 2.20 bits per heavy atom. The molecule has 20 heavy (non-hydrogen) atoms. The van der Waals surface area contributed by atoms with Gasteiger partial charge < -0.3 is 4.74 Å². The Labute approximate surface area is 123 Å². The van der Waals surface area contributed by atoms with Gasteiger partial charge in [0.1, 0.15) is 6.10 Å². The van der Waals surface area contributed by atoms with Crippen molar-refractivity contribution in [3.63, 3.8) is 0 Å². The summed E-state index contributed by atoms with van der Waals surface area (Å²) in [6, 6.07) is 7.78. The van der Waals surface area contributed by atoms with Gasteiger partial charge in [0.15, 0.2) is 0 Å². The summed E-state index contributed by atoms with van der Waals surface area (Å²) >= 11 is 0. The first-order chi connectivity index (χ1) is 9.35. The average molecular weight is 276 g/mol. The normalized spacial score (nSPS) is 13.1. The summed E-state index contributed by atoms with van der Waals surface area (Å²) in [5.41, 5.74) is 2.09. The van der Waals surface area contributed by atoms with Crippen molar-refractivity contribution in [3.8, 4) is 0 Å². The smallest absolute Gasteiger partial charge is 0.338 e. The molecule has 0 saturated heterocycles. The monoisotopic (exact) mass is 276 g/mol. The fraction of sp³-hybridized carbons (Fsp3) is 0.611. The molecule has 0 bridgehead atoms. The summed E-state index contributed by atoms with van der Waals surface area (Å²) < 4.78 is 5.62. The van der Waals surface area contributed by atoms with E-state index in [1.54, 1.807) is 0 Å². The van der Waals surface area contributed by atoms with Crippen molar-refractivity contribution >= 4 is 5.97 Å². The van der Waals surface area contributed by atoms with Gasteiger partial charge in [-0.1, -0.05) is 53.2 Å². The Morgan fingerprint density at radius 2 is 1.75 bits per heavy atom. The number of benzene rings is 1. The number of carbonyl (C=O) groups excluding carboxylic acids is 1. The fourth-order valence-electron chi connectivity index (χ4n) is 2.27. The largest absolute Gasteiger partial charge is 0.459 e. The number of aryl methyl sites for hydroxylation is 1. The molecule has 0 aliphatic carbocycles. The number of hydrogen-bond donors (Lipinski definition) is 0. The van der Waals surface area contributed by atoms with E-state index in [2.05, 4.69) is 34.6 Å². The SMILES string of the molecule is CCCc1ccc(C(=O)OC(CC)CC(C)(C)C)cc1. The predicted octanol–water partition coefficient (Wildman–Crippen LogP) is 5.01. The van der Waals surface area contributed by atoms with Gasteiger partial charge in [0, 0.05) is 0 Å². The quantitative estimate of drug-likeness (QED) is 0.683. The first kappa shape index (κ1) is 16.7. The Kier molecular flexibility index (Phi) is 6.25. The van der Waals surface area contributed by atoms with Crippen molar-refractivity contribution in [2.75, 3.05) is 0 Å². The lowest BCUT2D eigenvalue weighted by Gasteiger charge is -2.25. The van der Waals surface area contributed by atoms with E-state index >= 15 is 0 Å². The molecular formula is C18H28O2. The molecule has 0 saturated carbocycles. The molecular weight excluding hydrogens is 248 g/mol. The Morgan fingerprint density at radius 1 is 1.15 bits per heavy atom. The van der Waals surface area contributed by atoms with Crippen molar-refractivity contribution in [2.24, 2.45) is 5.41 Å². The van der Waals surface area contributed by atoms with Gasteiger partial charge in [0.25, 0.3) is 0 Å². The van der Waals surface area contributed by atoms with E-state index in [1.165, 1.54) is 5.56 Å². The molecule has 0 N–H and O–H groups in total. The predicted molar refractivity (Wildman–Crippen MR) is 84.0 cm³/mol. The van der Waals surface area contributed by atoms with E-state index in [1.807, 2.05) is 24.3 Å². The van der Waals surface area contributed by atoms with Gasteiger partial charge in [-0.2, -0.15) is 0 Å². The molecule has 1 unspecified atom stereocenters. The Bertz CT molecular complexity index is 412. The van der Waals surface area contributed by atoms with Gasteiger partial charge in [0.05, 0.1) is 5.56 Å². The average Bonchev–Trinajstić information content (AvgIpc) is 2.37. The molecule has 0 aromatic heterocycles. The van der Waals surface area contributed by atoms with E-state index in [4.69, 9.17) is 4.74 Å². The molecule has 1 atom stereocenters. The van der Waals surface area contributed by atoms with Crippen molar-refractivity contribution in [1.82, 2.24) is 0 Å². The second kappa shape index (κ2) is 7.47. The highest BCUT2D eigenvalue weighted by molar-refractivity contribution is 5.89. The van der Waals surface area contributed by atoms with Gasteiger partial charge in [-0.15, -0.1) is 0 Å². The molecule has 0 spiro atoms. The van der Waals surface area contributed by atoms with Crippen LogP contribution in [0.2, 0.25) is 0 Å². The van der Waals surface area contributed by atoms with Crippen molar-refractivity contribution in [3.05, 3.63) is 35.4 Å². The van der Waals surface area contributed by atoms with E-state index < -0.39 is 0 Å². The summed E-state index contributed by atoms with van der Waals surface area (Å²) in [4.78, 5) is 12.1. The third kappa shape index (κ3) is 5.77. The zero-order valence-corrected chi connectivity index (χ0v) is 13.5. The van der Waals surface area contributed by atoms with Crippen LogP contribution in [0.3, 0.4) is 0 Å². The lowest BCUT2D eigenvalue weighted by atomic mass is 9.88. The highest BCUT2D eigenvalue weighted by Gasteiger charge is 2.21. The summed E-state index contributed by atoms with van der Waals surface area (Å²) in [6.45, 7) is 10.7. The molecule has 112 valence electrons. The zero-order valence-electron chi connectivity index (χ0n) is 13.5. The summed E-state index contributed by atoms with van der Waals surface area (Å²) in [5.74, 6) is -0.204. The molecule has 2 heteroatoms. The van der Waals surface area contributed by atoms with E-state index in [9.17, 15) is 4.79 Å². The standard InChI is InChI=1S/C18H28O2/c1-6-8-14-9-11-15(12-10-14)17(19)20-16(7-2)13-18(3,4)5/h9-12,16H,6-8,13H2,1-5H3. The molecule has 1 aromatic rings. The Hall–Kier alpha value is -1.31. The molecule has 1 rings (SSSR count). The van der Waals surface area contributed by atoms with Crippen LogP contribution >= 0.6 is 0 Å². The topological polar surface area (TPSA) is 26.3 Å². The van der Waals surface area contributed by atoms with Crippen LogP contribution in [-0.2, 0) is 11.2 Å². The van der Waals surface area contributed by atoms with Gasteiger partial charge in [-0.25, -0.2) is 4.79 Å². The highest BCUT2D eigenvalue weighted by atomic mass is 16.5. The van der Waals surface area contributed by atoms with Crippen LogP contribution < -0.4 is 0 Å². The Balaban J connectivity index is 2.64. The molecule has 0 amide bonds. The van der Waals surface area contributed by atoms with Crippen molar-refractivity contribution in [1.29, 1.82) is 0 Å². The van der Waals surface area contributed by atoms with Crippen LogP contribution in [0.1, 0.15) is 69.8 Å². The van der Waals surface area contributed by atoms with Crippen molar-refractivity contribution in [2.45, 2.75) is 66.4 Å². The minimum Gasteiger partial charge on any atom is -0.459 e. The number of rotatable bonds is 6. The van der Waals surface area contributed by atoms with Gasteiger partial charge >= 0.3 is 5.97 Å². The number of ether oxygens (including phenoxy) is 1. The van der Waals surface area contributed by atoms with Gasteiger partial charge in [-0.3, -0.25) is 0 Å². The van der Waals surface area contributed by atoms with Crippen LogP contribution in [0, 0.1) is 5.41 Å². The molecule has 0 aliphatic heterocycles. The number of hydrogen-bond acceptors (Lipinski definition) is 2. The van der Waals surface area contributed by atoms with Crippen LogP contribution in [0.15, 0.2) is 24.3 Å². The molecule has 2 nitrogen and oxygen atoms in total. The molecule has 0 heterocycles. The minimum absolute atomic E-state index is 0.00202. The van der Waals surface area contributed by atoms with Crippen molar-refractivity contribution < 1.29 is 9.53 Å². The maximum atomic E-state index is 12.1. The maximum absolute atomic E-state index is 12.1. The third-order valence-corrected chi connectivity index (χ3v) is 3.30. The minimum atomic E-state index is -0.204. The third-order valence-electron chi connectivity index (χ3n) is 3.30. The molecule has 0 radical (unpaired) electrons. The van der Waals surface area contributed by atoms with Crippen LogP contribution in [0.5, 0.6) is 0 Å². The van der Waals surface area contributed by atoms with E-state index in [0.29, 0.717) is 5.56 Å². The summed E-state index contributed by atoms with van der Waals surface area (Å²) in [6.07, 6.45) is 3.92. The van der Waals surface area contributed by atoms with Gasteiger partial charge in [0.2, 0.25) is 0 Å².